The summed E-state index contributed by atoms with van der Waals surface area (Å²) >= 11 is 3.47. The number of aromatic nitrogens is 1. The molecule has 0 saturated carbocycles. The van der Waals surface area contributed by atoms with Gasteiger partial charge in [-0.25, -0.2) is 0 Å². The molecule has 0 aliphatic carbocycles. The summed E-state index contributed by atoms with van der Waals surface area (Å²) < 4.78 is 1.06. The maximum Gasteiger partial charge on any atom is 0.0564 e. The Morgan fingerprint density at radius 1 is 1.33 bits per heavy atom. The Morgan fingerprint density at radius 3 is 2.80 bits per heavy atom. The van der Waals surface area contributed by atoms with Gasteiger partial charge in [-0.05, 0) is 40.3 Å². The van der Waals surface area contributed by atoms with Crippen molar-refractivity contribution in [3.8, 4) is 0 Å². The van der Waals surface area contributed by atoms with Crippen molar-refractivity contribution in [3.05, 3.63) is 22.9 Å². The summed E-state index contributed by atoms with van der Waals surface area (Å²) in [5.74, 6) is 1.62. The highest BCUT2D eigenvalue weighted by Crippen LogP contribution is 2.27. The van der Waals surface area contributed by atoms with Crippen LogP contribution < -0.4 is 4.90 Å². The molecule has 2 atom stereocenters. The van der Waals surface area contributed by atoms with Crippen LogP contribution in [0.2, 0.25) is 0 Å². The van der Waals surface area contributed by atoms with E-state index in [1.165, 1.54) is 12.1 Å². The number of rotatable bonds is 1. The van der Waals surface area contributed by atoms with E-state index in [-0.39, 0.29) is 0 Å². The van der Waals surface area contributed by atoms with Crippen LogP contribution >= 0.6 is 15.9 Å². The van der Waals surface area contributed by atoms with Crippen molar-refractivity contribution >= 4 is 21.6 Å². The molecule has 2 heterocycles. The number of anilines is 1. The van der Waals surface area contributed by atoms with Gasteiger partial charge in [-0.2, -0.15) is 0 Å². The number of halogens is 1. The number of pyridine rings is 1. The van der Waals surface area contributed by atoms with Crippen LogP contribution in [0.1, 0.15) is 20.3 Å². The summed E-state index contributed by atoms with van der Waals surface area (Å²) in [6, 6.07) is 2.15. The fourth-order valence-electron chi connectivity index (χ4n) is 2.07. The maximum atomic E-state index is 4.21. The van der Waals surface area contributed by atoms with Gasteiger partial charge in [0.15, 0.2) is 0 Å². The van der Waals surface area contributed by atoms with Crippen molar-refractivity contribution in [1.82, 2.24) is 4.98 Å². The van der Waals surface area contributed by atoms with E-state index in [9.17, 15) is 0 Å². The highest BCUT2D eigenvalue weighted by atomic mass is 79.9. The Bertz CT molecular complexity index is 340. The molecule has 0 aromatic carbocycles. The molecule has 1 aromatic heterocycles. The van der Waals surface area contributed by atoms with Crippen molar-refractivity contribution in [3.63, 3.8) is 0 Å². The van der Waals surface area contributed by atoms with Gasteiger partial charge >= 0.3 is 0 Å². The SMILES string of the molecule is CC1CCN(c2cncc(Br)c2)CC1C. The Labute approximate surface area is 99.8 Å². The van der Waals surface area contributed by atoms with Crippen molar-refractivity contribution in [2.75, 3.05) is 18.0 Å². The molecule has 1 saturated heterocycles. The fourth-order valence-corrected chi connectivity index (χ4v) is 2.42. The second kappa shape index (κ2) is 4.52. The summed E-state index contributed by atoms with van der Waals surface area (Å²) in [6.45, 7) is 6.99. The third-order valence-corrected chi connectivity index (χ3v) is 3.82. The van der Waals surface area contributed by atoms with Crippen molar-refractivity contribution < 1.29 is 0 Å². The quantitative estimate of drug-likeness (QED) is 0.777. The van der Waals surface area contributed by atoms with Crippen LogP contribution in [0.25, 0.3) is 0 Å². The van der Waals surface area contributed by atoms with E-state index in [0.717, 1.165) is 29.4 Å². The molecule has 0 radical (unpaired) electrons. The van der Waals surface area contributed by atoms with Crippen LogP contribution in [0.3, 0.4) is 0 Å². The van der Waals surface area contributed by atoms with E-state index in [0.29, 0.717) is 0 Å². The Balaban J connectivity index is 2.12. The predicted molar refractivity (Wildman–Crippen MR) is 67.1 cm³/mol. The molecule has 1 aliphatic rings. The summed E-state index contributed by atoms with van der Waals surface area (Å²) in [5, 5.41) is 0. The van der Waals surface area contributed by atoms with Gasteiger partial charge in [0.25, 0.3) is 0 Å². The first-order valence-corrected chi connectivity index (χ1v) is 6.31. The first-order chi connectivity index (χ1) is 7.16. The van der Waals surface area contributed by atoms with Crippen LogP contribution in [0, 0.1) is 11.8 Å². The second-order valence-corrected chi connectivity index (χ2v) is 5.47. The predicted octanol–water partition coefficient (Wildman–Crippen LogP) is 3.33. The van der Waals surface area contributed by atoms with E-state index in [1.807, 2.05) is 12.4 Å². The van der Waals surface area contributed by atoms with Crippen molar-refractivity contribution in [2.24, 2.45) is 11.8 Å². The smallest absolute Gasteiger partial charge is 0.0564 e. The summed E-state index contributed by atoms with van der Waals surface area (Å²) in [5.41, 5.74) is 1.24. The first kappa shape index (κ1) is 10.9. The van der Waals surface area contributed by atoms with Crippen LogP contribution in [0.4, 0.5) is 5.69 Å². The summed E-state index contributed by atoms with van der Waals surface area (Å²) in [6.07, 6.45) is 5.07. The zero-order valence-corrected chi connectivity index (χ0v) is 10.9. The van der Waals surface area contributed by atoms with Gasteiger partial charge in [-0.1, -0.05) is 13.8 Å². The molecule has 2 rings (SSSR count). The lowest BCUT2D eigenvalue weighted by Crippen LogP contribution is -2.38. The number of piperidine rings is 1. The molecule has 82 valence electrons. The van der Waals surface area contributed by atoms with E-state index < -0.39 is 0 Å². The van der Waals surface area contributed by atoms with Gasteiger partial charge in [0.2, 0.25) is 0 Å². The second-order valence-electron chi connectivity index (χ2n) is 4.55. The van der Waals surface area contributed by atoms with E-state index in [2.05, 4.69) is 45.7 Å². The number of hydrogen-bond donors (Lipinski definition) is 0. The zero-order chi connectivity index (χ0) is 10.8. The monoisotopic (exact) mass is 268 g/mol. The van der Waals surface area contributed by atoms with Crippen molar-refractivity contribution in [2.45, 2.75) is 20.3 Å². The van der Waals surface area contributed by atoms with Gasteiger partial charge in [0.05, 0.1) is 11.9 Å². The van der Waals surface area contributed by atoms with E-state index in [4.69, 9.17) is 0 Å². The summed E-state index contributed by atoms with van der Waals surface area (Å²) in [7, 11) is 0. The van der Waals surface area contributed by atoms with Crippen molar-refractivity contribution in [1.29, 1.82) is 0 Å². The number of nitrogens with zero attached hydrogens (tertiary/aromatic N) is 2. The molecular weight excluding hydrogens is 252 g/mol. The highest BCUT2D eigenvalue weighted by Gasteiger charge is 2.22. The van der Waals surface area contributed by atoms with E-state index >= 15 is 0 Å². The topological polar surface area (TPSA) is 16.1 Å². The molecule has 15 heavy (non-hydrogen) atoms. The zero-order valence-electron chi connectivity index (χ0n) is 9.28. The number of hydrogen-bond acceptors (Lipinski definition) is 2. The van der Waals surface area contributed by atoms with Gasteiger partial charge in [-0.3, -0.25) is 4.98 Å². The molecule has 1 aliphatic heterocycles. The molecule has 1 aromatic rings. The highest BCUT2D eigenvalue weighted by molar-refractivity contribution is 9.10. The molecule has 0 amide bonds. The molecule has 0 bridgehead atoms. The van der Waals surface area contributed by atoms with Gasteiger partial charge in [0, 0.05) is 23.8 Å². The standard InChI is InChI=1S/C12H17BrN2/c1-9-3-4-15(8-10(9)2)12-5-11(13)6-14-7-12/h5-7,9-10H,3-4,8H2,1-2H3. The minimum atomic E-state index is 0.776. The van der Waals surface area contributed by atoms with Gasteiger partial charge in [0.1, 0.15) is 0 Å². The third-order valence-electron chi connectivity index (χ3n) is 3.39. The Hall–Kier alpha value is -0.570. The first-order valence-electron chi connectivity index (χ1n) is 5.52. The van der Waals surface area contributed by atoms with Crippen LogP contribution in [0.15, 0.2) is 22.9 Å². The lowest BCUT2D eigenvalue weighted by atomic mass is 9.88. The Morgan fingerprint density at radius 2 is 2.13 bits per heavy atom. The molecule has 0 N–H and O–H groups in total. The largest absolute Gasteiger partial charge is 0.370 e. The normalized spacial score (nSPS) is 26.7. The Kier molecular flexibility index (Phi) is 3.29. The van der Waals surface area contributed by atoms with Crippen LogP contribution in [-0.2, 0) is 0 Å². The molecule has 1 fully saturated rings. The minimum Gasteiger partial charge on any atom is -0.370 e. The van der Waals surface area contributed by atoms with Gasteiger partial charge < -0.3 is 4.90 Å². The average Bonchev–Trinajstić information content (AvgIpc) is 2.22. The van der Waals surface area contributed by atoms with E-state index in [1.54, 1.807) is 0 Å². The lowest BCUT2D eigenvalue weighted by Gasteiger charge is -2.36. The third kappa shape index (κ3) is 2.51. The molecule has 2 unspecified atom stereocenters. The molecule has 3 heteroatoms. The minimum absolute atomic E-state index is 0.776. The van der Waals surface area contributed by atoms with Crippen LogP contribution in [0.5, 0.6) is 0 Å². The molecule has 2 nitrogen and oxygen atoms in total. The van der Waals surface area contributed by atoms with Gasteiger partial charge in [-0.15, -0.1) is 0 Å². The fraction of sp³-hybridized carbons (Fsp3) is 0.583. The maximum absolute atomic E-state index is 4.21. The summed E-state index contributed by atoms with van der Waals surface area (Å²) in [4.78, 5) is 6.65. The average molecular weight is 269 g/mol. The molecular formula is C12H17BrN2. The van der Waals surface area contributed by atoms with Crippen LogP contribution in [-0.4, -0.2) is 18.1 Å². The molecule has 0 spiro atoms. The lowest BCUT2D eigenvalue weighted by molar-refractivity contribution is 0.324.